The van der Waals surface area contributed by atoms with Crippen LogP contribution >= 0.6 is 0 Å². The van der Waals surface area contributed by atoms with Crippen LogP contribution in [0, 0.1) is 12.8 Å². The topological polar surface area (TPSA) is 75.6 Å². The molecule has 4 rings (SSSR count). The van der Waals surface area contributed by atoms with Crippen LogP contribution < -0.4 is 10.1 Å². The fourth-order valence-corrected chi connectivity index (χ4v) is 4.41. The number of amides is 1. The first-order valence-corrected chi connectivity index (χ1v) is 9.34. The zero-order valence-electron chi connectivity index (χ0n) is 15.3. The number of fused-ring (bicyclic) bond motifs is 2. The molecule has 2 aromatic rings. The number of anilines is 1. The van der Waals surface area contributed by atoms with Gasteiger partial charge in [-0.3, -0.25) is 4.79 Å². The molecule has 0 aliphatic heterocycles. The first kappa shape index (κ1) is 17.6. The van der Waals surface area contributed by atoms with Crippen LogP contribution in [-0.2, 0) is 21.4 Å². The Labute approximate surface area is 158 Å². The Bertz CT molecular complexity index is 907. The highest BCUT2D eigenvalue weighted by Gasteiger charge is 2.60. The summed E-state index contributed by atoms with van der Waals surface area (Å²) in [5, 5.41) is 11.8. The Morgan fingerprint density at radius 2 is 2.07 bits per heavy atom. The summed E-state index contributed by atoms with van der Waals surface area (Å²) >= 11 is 0. The monoisotopic (exact) mass is 365 g/mol. The number of ether oxygens (including phenoxy) is 1. The van der Waals surface area contributed by atoms with E-state index in [0.29, 0.717) is 5.75 Å². The van der Waals surface area contributed by atoms with Crippen molar-refractivity contribution in [3.63, 3.8) is 0 Å². The number of benzene rings is 2. The number of carboxylic acids is 1. The molecule has 2 N–H and O–H groups in total. The Morgan fingerprint density at radius 3 is 2.85 bits per heavy atom. The highest BCUT2D eigenvalue weighted by molar-refractivity contribution is 5.97. The minimum Gasteiger partial charge on any atom is -0.482 e. The second-order valence-electron chi connectivity index (χ2n) is 7.57. The molecule has 1 fully saturated rings. The summed E-state index contributed by atoms with van der Waals surface area (Å²) in [5.41, 5.74) is 4.34. The number of carbonyl (C=O) groups excluding carboxylic acids is 1. The van der Waals surface area contributed by atoms with Crippen LogP contribution in [0.4, 0.5) is 5.69 Å². The lowest BCUT2D eigenvalue weighted by atomic mass is 9.78. The number of carboxylic acid groups (broad SMARTS) is 1. The maximum atomic E-state index is 12.9. The fourth-order valence-electron chi connectivity index (χ4n) is 4.41. The summed E-state index contributed by atoms with van der Waals surface area (Å²) in [6.07, 6.45) is 4.22. The molecule has 1 saturated carbocycles. The van der Waals surface area contributed by atoms with E-state index >= 15 is 0 Å². The SMILES string of the molecule is Cc1cc(OCC(=O)O)ccc1NC(=O)C1CC12CCCc1ccccc12. The average molecular weight is 365 g/mol. The highest BCUT2D eigenvalue weighted by atomic mass is 16.5. The van der Waals surface area contributed by atoms with Gasteiger partial charge >= 0.3 is 5.97 Å². The number of hydrogen-bond donors (Lipinski definition) is 2. The third-order valence-corrected chi connectivity index (χ3v) is 5.83. The van der Waals surface area contributed by atoms with Crippen LogP contribution in [0.1, 0.15) is 36.0 Å². The molecule has 2 aliphatic carbocycles. The maximum absolute atomic E-state index is 12.9. The number of rotatable bonds is 5. The van der Waals surface area contributed by atoms with Crippen LogP contribution in [0.15, 0.2) is 42.5 Å². The van der Waals surface area contributed by atoms with E-state index in [9.17, 15) is 9.59 Å². The highest BCUT2D eigenvalue weighted by Crippen LogP contribution is 2.60. The van der Waals surface area contributed by atoms with Gasteiger partial charge in [0.05, 0.1) is 0 Å². The van der Waals surface area contributed by atoms with Crippen LogP contribution in [0.5, 0.6) is 5.75 Å². The molecule has 2 unspecified atom stereocenters. The number of aryl methyl sites for hydroxylation is 2. The molecule has 140 valence electrons. The van der Waals surface area contributed by atoms with Crippen molar-refractivity contribution in [2.45, 2.75) is 38.0 Å². The van der Waals surface area contributed by atoms with Crippen molar-refractivity contribution in [3.05, 3.63) is 59.2 Å². The lowest BCUT2D eigenvalue weighted by Gasteiger charge is -2.26. The summed E-state index contributed by atoms with van der Waals surface area (Å²) in [6.45, 7) is 1.50. The molecule has 0 radical (unpaired) electrons. The Morgan fingerprint density at radius 1 is 1.26 bits per heavy atom. The van der Waals surface area contributed by atoms with Crippen molar-refractivity contribution in [3.8, 4) is 5.75 Å². The van der Waals surface area contributed by atoms with Gasteiger partial charge in [-0.05, 0) is 67.5 Å². The quantitative estimate of drug-likeness (QED) is 0.847. The Balaban J connectivity index is 1.46. The van der Waals surface area contributed by atoms with Gasteiger partial charge in [0.15, 0.2) is 6.61 Å². The van der Waals surface area contributed by atoms with Gasteiger partial charge in [-0.15, -0.1) is 0 Å². The number of carbonyl (C=O) groups is 2. The van der Waals surface area contributed by atoms with Crippen LogP contribution in [0.25, 0.3) is 0 Å². The maximum Gasteiger partial charge on any atom is 0.341 e. The molecule has 0 aromatic heterocycles. The summed E-state index contributed by atoms with van der Waals surface area (Å²) < 4.78 is 5.18. The van der Waals surface area contributed by atoms with Crippen molar-refractivity contribution in [2.24, 2.45) is 5.92 Å². The summed E-state index contributed by atoms with van der Waals surface area (Å²) in [7, 11) is 0. The molecule has 1 spiro atoms. The van der Waals surface area contributed by atoms with E-state index in [1.807, 2.05) is 6.92 Å². The molecule has 0 heterocycles. The zero-order chi connectivity index (χ0) is 19.0. The van der Waals surface area contributed by atoms with Gasteiger partial charge in [0.25, 0.3) is 0 Å². The van der Waals surface area contributed by atoms with Crippen molar-refractivity contribution >= 4 is 17.6 Å². The minimum absolute atomic E-state index is 0.0113. The molecule has 2 atom stereocenters. The van der Waals surface area contributed by atoms with Crippen LogP contribution in [-0.4, -0.2) is 23.6 Å². The Kier molecular flexibility index (Phi) is 4.38. The molecule has 0 saturated heterocycles. The van der Waals surface area contributed by atoms with Gasteiger partial charge in [0, 0.05) is 17.0 Å². The predicted octanol–water partition coefficient (Wildman–Crippen LogP) is 3.69. The van der Waals surface area contributed by atoms with Gasteiger partial charge in [-0.25, -0.2) is 4.79 Å². The average Bonchev–Trinajstić information content (AvgIpc) is 3.37. The third-order valence-electron chi connectivity index (χ3n) is 5.83. The molecule has 1 amide bonds. The first-order chi connectivity index (χ1) is 13.0. The number of hydrogen-bond acceptors (Lipinski definition) is 3. The molecule has 5 heteroatoms. The summed E-state index contributed by atoms with van der Waals surface area (Å²) in [6, 6.07) is 13.7. The largest absolute Gasteiger partial charge is 0.482 e. The van der Waals surface area contributed by atoms with E-state index in [1.165, 1.54) is 11.1 Å². The lowest BCUT2D eigenvalue weighted by molar-refractivity contribution is -0.139. The summed E-state index contributed by atoms with van der Waals surface area (Å²) in [5.74, 6) is -0.455. The Hall–Kier alpha value is -2.82. The zero-order valence-corrected chi connectivity index (χ0v) is 15.3. The van der Waals surface area contributed by atoms with Gasteiger partial charge in [-0.2, -0.15) is 0 Å². The second kappa shape index (κ2) is 6.72. The molecule has 0 bridgehead atoms. The molecule has 27 heavy (non-hydrogen) atoms. The van der Waals surface area contributed by atoms with E-state index in [4.69, 9.17) is 9.84 Å². The van der Waals surface area contributed by atoms with Gasteiger partial charge in [0.2, 0.25) is 5.91 Å². The van der Waals surface area contributed by atoms with Gasteiger partial charge < -0.3 is 15.2 Å². The van der Waals surface area contributed by atoms with Crippen molar-refractivity contribution < 1.29 is 19.4 Å². The van der Waals surface area contributed by atoms with E-state index < -0.39 is 5.97 Å². The molecular weight excluding hydrogens is 342 g/mol. The fraction of sp³-hybridized carbons (Fsp3) is 0.364. The minimum atomic E-state index is -1.02. The molecule has 2 aliphatic rings. The van der Waals surface area contributed by atoms with Crippen LogP contribution in [0.2, 0.25) is 0 Å². The number of nitrogens with one attached hydrogen (secondary N) is 1. The smallest absolute Gasteiger partial charge is 0.341 e. The second-order valence-corrected chi connectivity index (χ2v) is 7.57. The predicted molar refractivity (Wildman–Crippen MR) is 102 cm³/mol. The normalized spacial score (nSPS) is 22.8. The molecule has 5 nitrogen and oxygen atoms in total. The van der Waals surface area contributed by atoms with E-state index in [1.54, 1.807) is 18.2 Å². The van der Waals surface area contributed by atoms with Crippen molar-refractivity contribution in [1.82, 2.24) is 0 Å². The molecular formula is C22H23NO4. The van der Waals surface area contributed by atoms with E-state index in [0.717, 1.165) is 36.9 Å². The van der Waals surface area contributed by atoms with Gasteiger partial charge in [-0.1, -0.05) is 24.3 Å². The van der Waals surface area contributed by atoms with Gasteiger partial charge in [0.1, 0.15) is 5.75 Å². The van der Waals surface area contributed by atoms with E-state index in [2.05, 4.69) is 29.6 Å². The molecule has 2 aromatic carbocycles. The third kappa shape index (κ3) is 3.29. The van der Waals surface area contributed by atoms with Crippen molar-refractivity contribution in [1.29, 1.82) is 0 Å². The standard InChI is InChI=1S/C22H23NO4/c1-14-11-16(27-13-20(24)25)8-9-19(14)23-21(26)18-12-22(18)10-4-6-15-5-2-3-7-17(15)22/h2-3,5,7-9,11,18H,4,6,10,12-13H2,1H3,(H,23,26)(H,24,25). The first-order valence-electron chi connectivity index (χ1n) is 9.34. The summed E-state index contributed by atoms with van der Waals surface area (Å²) in [4.78, 5) is 23.5. The lowest BCUT2D eigenvalue weighted by Crippen LogP contribution is -2.25. The number of aliphatic carboxylic acids is 1. The van der Waals surface area contributed by atoms with Crippen molar-refractivity contribution in [2.75, 3.05) is 11.9 Å². The van der Waals surface area contributed by atoms with Crippen LogP contribution in [0.3, 0.4) is 0 Å². The van der Waals surface area contributed by atoms with E-state index in [-0.39, 0.29) is 23.8 Å².